The number of carboxylic acids is 1. The highest BCUT2D eigenvalue weighted by atomic mass is 32.2. The summed E-state index contributed by atoms with van der Waals surface area (Å²) in [4.78, 5) is 10.1. The van der Waals surface area contributed by atoms with Crippen LogP contribution in [0.4, 0.5) is 0 Å². The molecule has 0 unspecified atom stereocenters. The standard InChI is InChI=1S/C5H6N2O5S/c8-5(9)3-13(10,11)12-4-1-2-6-7-4/h1-2H,3H2,(H,6,7)(H,8,9). The van der Waals surface area contributed by atoms with Gasteiger partial charge in [0.15, 0.2) is 5.75 Å². The lowest BCUT2D eigenvalue weighted by Gasteiger charge is -2.00. The summed E-state index contributed by atoms with van der Waals surface area (Å²) in [7, 11) is -4.07. The lowest BCUT2D eigenvalue weighted by atomic mass is 10.7. The van der Waals surface area contributed by atoms with Crippen LogP contribution >= 0.6 is 0 Å². The van der Waals surface area contributed by atoms with Gasteiger partial charge in [-0.2, -0.15) is 13.5 Å². The molecule has 0 saturated carbocycles. The summed E-state index contributed by atoms with van der Waals surface area (Å²) in [5.41, 5.74) is 0. The van der Waals surface area contributed by atoms with Crippen LogP contribution in [0.2, 0.25) is 0 Å². The first kappa shape index (κ1) is 9.52. The molecule has 1 aromatic rings. The number of carboxylic acid groups (broad SMARTS) is 1. The number of aromatic nitrogens is 2. The zero-order valence-electron chi connectivity index (χ0n) is 6.30. The van der Waals surface area contributed by atoms with E-state index in [0.717, 1.165) is 0 Å². The Labute approximate surface area is 73.5 Å². The van der Waals surface area contributed by atoms with E-state index < -0.39 is 21.8 Å². The van der Waals surface area contributed by atoms with Crippen molar-refractivity contribution in [3.63, 3.8) is 0 Å². The fourth-order valence-electron chi connectivity index (χ4n) is 0.607. The van der Waals surface area contributed by atoms with Crippen molar-refractivity contribution in [3.05, 3.63) is 12.3 Å². The molecule has 72 valence electrons. The molecule has 0 radical (unpaired) electrons. The van der Waals surface area contributed by atoms with E-state index in [9.17, 15) is 13.2 Å². The summed E-state index contributed by atoms with van der Waals surface area (Å²) >= 11 is 0. The van der Waals surface area contributed by atoms with E-state index >= 15 is 0 Å². The van der Waals surface area contributed by atoms with Crippen LogP contribution < -0.4 is 4.18 Å². The Morgan fingerprint density at radius 2 is 2.38 bits per heavy atom. The summed E-state index contributed by atoms with van der Waals surface area (Å²) < 4.78 is 26.0. The Morgan fingerprint density at radius 1 is 1.69 bits per heavy atom. The predicted molar refractivity (Wildman–Crippen MR) is 40.6 cm³/mol. The minimum Gasteiger partial charge on any atom is -0.480 e. The smallest absolute Gasteiger partial charge is 0.322 e. The minimum absolute atomic E-state index is 0.110. The van der Waals surface area contributed by atoms with Crippen LogP contribution in [-0.4, -0.2) is 35.4 Å². The summed E-state index contributed by atoms with van der Waals surface area (Å²) in [6.07, 6.45) is 1.28. The van der Waals surface area contributed by atoms with Gasteiger partial charge in [-0.3, -0.25) is 4.79 Å². The van der Waals surface area contributed by atoms with Crippen molar-refractivity contribution in [3.8, 4) is 5.88 Å². The molecule has 0 aliphatic carbocycles. The van der Waals surface area contributed by atoms with Crippen LogP contribution in [0.5, 0.6) is 5.88 Å². The van der Waals surface area contributed by atoms with Crippen molar-refractivity contribution >= 4 is 16.1 Å². The number of H-pyrrole nitrogens is 1. The largest absolute Gasteiger partial charge is 0.480 e. The van der Waals surface area contributed by atoms with Crippen molar-refractivity contribution in [2.75, 3.05) is 5.75 Å². The summed E-state index contributed by atoms with van der Waals surface area (Å²) in [6.45, 7) is 0. The number of hydrogen-bond acceptors (Lipinski definition) is 5. The zero-order valence-corrected chi connectivity index (χ0v) is 7.11. The molecule has 1 rings (SSSR count). The van der Waals surface area contributed by atoms with E-state index in [1.807, 2.05) is 0 Å². The Kier molecular flexibility index (Phi) is 2.52. The van der Waals surface area contributed by atoms with E-state index in [-0.39, 0.29) is 5.88 Å². The van der Waals surface area contributed by atoms with Gasteiger partial charge in [0.1, 0.15) is 0 Å². The molecule has 1 heterocycles. The van der Waals surface area contributed by atoms with Gasteiger partial charge in [-0.25, -0.2) is 5.10 Å². The highest BCUT2D eigenvalue weighted by Gasteiger charge is 2.18. The average Bonchev–Trinajstić information content (AvgIpc) is 2.34. The number of aliphatic carboxylic acids is 1. The fraction of sp³-hybridized carbons (Fsp3) is 0.200. The molecule has 8 heteroatoms. The average molecular weight is 206 g/mol. The van der Waals surface area contributed by atoms with Crippen LogP contribution in [0.3, 0.4) is 0 Å². The summed E-state index contributed by atoms with van der Waals surface area (Å²) in [5.74, 6) is -2.66. The SMILES string of the molecule is O=C(O)CS(=O)(=O)Oc1ccn[nH]1. The van der Waals surface area contributed by atoms with Crippen molar-refractivity contribution in [2.45, 2.75) is 0 Å². The third-order valence-electron chi connectivity index (χ3n) is 0.992. The van der Waals surface area contributed by atoms with Gasteiger partial charge in [0.2, 0.25) is 5.88 Å². The van der Waals surface area contributed by atoms with Crippen LogP contribution in [0.15, 0.2) is 12.3 Å². The van der Waals surface area contributed by atoms with Crippen molar-refractivity contribution in [2.24, 2.45) is 0 Å². The first-order valence-corrected chi connectivity index (χ1v) is 4.71. The molecule has 0 spiro atoms. The fourth-order valence-corrected chi connectivity index (χ4v) is 1.33. The quantitative estimate of drug-likeness (QED) is 0.624. The van der Waals surface area contributed by atoms with Gasteiger partial charge in [0.05, 0.1) is 6.20 Å². The molecule has 13 heavy (non-hydrogen) atoms. The van der Waals surface area contributed by atoms with Gasteiger partial charge < -0.3 is 9.29 Å². The monoisotopic (exact) mass is 206 g/mol. The van der Waals surface area contributed by atoms with E-state index in [1.54, 1.807) is 0 Å². The molecule has 0 atom stereocenters. The van der Waals surface area contributed by atoms with Gasteiger partial charge >= 0.3 is 16.1 Å². The lowest BCUT2D eigenvalue weighted by Crippen LogP contribution is -2.20. The van der Waals surface area contributed by atoms with Crippen molar-refractivity contribution in [1.82, 2.24) is 10.2 Å². The van der Waals surface area contributed by atoms with Gasteiger partial charge in [0.25, 0.3) is 0 Å². The maximum atomic E-state index is 10.9. The Morgan fingerprint density at radius 3 is 2.85 bits per heavy atom. The number of nitrogens with one attached hydrogen (secondary N) is 1. The molecule has 0 bridgehead atoms. The predicted octanol–water partition coefficient (Wildman–Crippen LogP) is -0.797. The maximum absolute atomic E-state index is 10.9. The van der Waals surface area contributed by atoms with Gasteiger partial charge in [-0.15, -0.1) is 0 Å². The molecule has 0 aliphatic rings. The molecule has 1 aromatic heterocycles. The molecule has 0 aliphatic heterocycles. The number of nitrogens with zero attached hydrogens (tertiary/aromatic N) is 1. The third kappa shape index (κ3) is 3.11. The van der Waals surface area contributed by atoms with Crippen molar-refractivity contribution < 1.29 is 22.5 Å². The summed E-state index contributed by atoms with van der Waals surface area (Å²) in [6, 6.07) is 1.26. The van der Waals surface area contributed by atoms with Crippen LogP contribution in [0.1, 0.15) is 0 Å². The Hall–Kier alpha value is -1.57. The number of rotatable bonds is 4. The van der Waals surface area contributed by atoms with E-state index in [2.05, 4.69) is 14.4 Å². The van der Waals surface area contributed by atoms with E-state index in [0.29, 0.717) is 0 Å². The normalized spacial score (nSPS) is 11.1. The number of aromatic amines is 1. The second-order valence-electron chi connectivity index (χ2n) is 2.10. The topological polar surface area (TPSA) is 109 Å². The highest BCUT2D eigenvalue weighted by Crippen LogP contribution is 2.06. The lowest BCUT2D eigenvalue weighted by molar-refractivity contribution is -0.134. The molecule has 2 N–H and O–H groups in total. The molecular weight excluding hydrogens is 200 g/mol. The molecular formula is C5H6N2O5S. The number of hydrogen-bond donors (Lipinski definition) is 2. The van der Waals surface area contributed by atoms with Crippen LogP contribution in [0.25, 0.3) is 0 Å². The van der Waals surface area contributed by atoms with Crippen LogP contribution in [-0.2, 0) is 14.9 Å². The Bertz CT molecular complexity index is 381. The number of carbonyl (C=O) groups is 1. The third-order valence-corrected chi connectivity index (χ3v) is 2.03. The molecule has 0 aromatic carbocycles. The molecule has 0 fully saturated rings. The second-order valence-corrected chi connectivity index (χ2v) is 3.67. The van der Waals surface area contributed by atoms with Crippen LogP contribution in [0, 0.1) is 0 Å². The zero-order chi connectivity index (χ0) is 9.90. The van der Waals surface area contributed by atoms with Gasteiger partial charge in [-0.1, -0.05) is 0 Å². The van der Waals surface area contributed by atoms with E-state index in [1.165, 1.54) is 12.3 Å². The second kappa shape index (κ2) is 3.44. The van der Waals surface area contributed by atoms with E-state index in [4.69, 9.17) is 5.11 Å². The first-order chi connectivity index (χ1) is 5.99. The molecule has 0 saturated heterocycles. The first-order valence-electron chi connectivity index (χ1n) is 3.13. The Balaban J connectivity index is 2.68. The highest BCUT2D eigenvalue weighted by molar-refractivity contribution is 7.87. The minimum atomic E-state index is -4.07. The summed E-state index contributed by atoms with van der Waals surface area (Å²) in [5, 5.41) is 13.8. The maximum Gasteiger partial charge on any atom is 0.322 e. The van der Waals surface area contributed by atoms with Gasteiger partial charge in [0, 0.05) is 6.07 Å². The van der Waals surface area contributed by atoms with Crippen molar-refractivity contribution in [1.29, 1.82) is 0 Å². The molecule has 0 amide bonds. The molecule has 7 nitrogen and oxygen atoms in total. The van der Waals surface area contributed by atoms with Gasteiger partial charge in [-0.05, 0) is 0 Å².